The third-order valence-corrected chi connectivity index (χ3v) is 4.91. The van der Waals surface area contributed by atoms with Crippen LogP contribution in [0.15, 0.2) is 36.4 Å². The van der Waals surface area contributed by atoms with Crippen molar-refractivity contribution in [2.45, 2.75) is 26.8 Å². The Balaban J connectivity index is 1.95. The normalized spacial score (nSPS) is 11.2. The standard InChI is InChI=1S/C18H23FN2OS/c1-4-21(13(2)3)12-11-20-18(22)17-10-9-16(23-17)14-7-5-6-8-15(14)19/h5-10,13H,4,11-12H2,1-3H3,(H,20,22). The molecule has 2 rings (SSSR count). The Bertz CT molecular complexity index is 654. The SMILES string of the molecule is CCN(CCNC(=O)c1ccc(-c2ccccc2F)s1)C(C)C. The van der Waals surface area contributed by atoms with Crippen molar-refractivity contribution in [1.82, 2.24) is 10.2 Å². The van der Waals surface area contributed by atoms with Crippen molar-refractivity contribution in [1.29, 1.82) is 0 Å². The Morgan fingerprint density at radius 2 is 2.00 bits per heavy atom. The molecule has 2 aromatic rings. The Labute approximate surface area is 141 Å². The summed E-state index contributed by atoms with van der Waals surface area (Å²) in [5.41, 5.74) is 0.536. The average molecular weight is 334 g/mol. The number of carbonyl (C=O) groups excluding carboxylic acids is 1. The van der Waals surface area contributed by atoms with Gasteiger partial charge in [-0.2, -0.15) is 0 Å². The van der Waals surface area contributed by atoms with E-state index in [2.05, 4.69) is 31.0 Å². The summed E-state index contributed by atoms with van der Waals surface area (Å²) in [5, 5.41) is 2.93. The van der Waals surface area contributed by atoms with E-state index in [-0.39, 0.29) is 11.7 Å². The van der Waals surface area contributed by atoms with Crippen LogP contribution in [0.25, 0.3) is 10.4 Å². The van der Waals surface area contributed by atoms with Crippen molar-refractivity contribution < 1.29 is 9.18 Å². The van der Waals surface area contributed by atoms with Crippen LogP contribution in [0.3, 0.4) is 0 Å². The quantitative estimate of drug-likeness (QED) is 0.829. The summed E-state index contributed by atoms with van der Waals surface area (Å²) in [6.07, 6.45) is 0. The second-order valence-electron chi connectivity index (χ2n) is 5.62. The first-order valence-corrected chi connectivity index (χ1v) is 8.71. The molecule has 0 aliphatic carbocycles. The van der Waals surface area contributed by atoms with Crippen LogP contribution in [0, 0.1) is 5.82 Å². The fourth-order valence-electron chi connectivity index (χ4n) is 2.45. The van der Waals surface area contributed by atoms with E-state index >= 15 is 0 Å². The second kappa shape index (κ2) is 8.22. The van der Waals surface area contributed by atoms with Crippen molar-refractivity contribution in [2.24, 2.45) is 0 Å². The maximum atomic E-state index is 13.8. The van der Waals surface area contributed by atoms with Crippen LogP contribution in [0.5, 0.6) is 0 Å². The molecule has 0 aliphatic rings. The lowest BCUT2D eigenvalue weighted by Gasteiger charge is -2.24. The van der Waals surface area contributed by atoms with Crippen LogP contribution < -0.4 is 5.32 Å². The third kappa shape index (κ3) is 4.62. The van der Waals surface area contributed by atoms with E-state index in [1.165, 1.54) is 17.4 Å². The minimum atomic E-state index is -0.267. The summed E-state index contributed by atoms with van der Waals surface area (Å²) in [6.45, 7) is 8.80. The van der Waals surface area contributed by atoms with E-state index in [9.17, 15) is 9.18 Å². The molecule has 0 fully saturated rings. The molecule has 0 aliphatic heterocycles. The molecule has 0 saturated carbocycles. The summed E-state index contributed by atoms with van der Waals surface area (Å²) in [4.78, 5) is 15.9. The van der Waals surface area contributed by atoms with Crippen molar-refractivity contribution in [2.75, 3.05) is 19.6 Å². The van der Waals surface area contributed by atoms with Crippen LogP contribution in [-0.2, 0) is 0 Å². The molecule has 1 aromatic heterocycles. The Kier molecular flexibility index (Phi) is 6.30. The maximum absolute atomic E-state index is 13.8. The molecule has 1 aromatic carbocycles. The molecule has 3 nitrogen and oxygen atoms in total. The number of carbonyl (C=O) groups is 1. The number of hydrogen-bond acceptors (Lipinski definition) is 3. The van der Waals surface area contributed by atoms with Crippen molar-refractivity contribution in [3.63, 3.8) is 0 Å². The van der Waals surface area contributed by atoms with E-state index in [0.717, 1.165) is 18.0 Å². The Hall–Kier alpha value is -1.72. The maximum Gasteiger partial charge on any atom is 0.261 e. The molecule has 0 saturated heterocycles. The molecule has 23 heavy (non-hydrogen) atoms. The highest BCUT2D eigenvalue weighted by atomic mass is 32.1. The average Bonchev–Trinajstić information content (AvgIpc) is 3.01. The van der Waals surface area contributed by atoms with Gasteiger partial charge in [0.05, 0.1) is 4.88 Å². The summed E-state index contributed by atoms with van der Waals surface area (Å²) in [6, 6.07) is 10.6. The lowest BCUT2D eigenvalue weighted by molar-refractivity contribution is 0.0950. The fourth-order valence-corrected chi connectivity index (χ4v) is 3.40. The zero-order valence-corrected chi connectivity index (χ0v) is 14.6. The number of halogens is 1. The van der Waals surface area contributed by atoms with Gasteiger partial charge in [-0.25, -0.2) is 4.39 Å². The molecule has 124 valence electrons. The van der Waals surface area contributed by atoms with Gasteiger partial charge in [0.15, 0.2) is 0 Å². The van der Waals surface area contributed by atoms with Crippen LogP contribution in [0.1, 0.15) is 30.4 Å². The summed E-state index contributed by atoms with van der Waals surface area (Å²) in [7, 11) is 0. The highest BCUT2D eigenvalue weighted by molar-refractivity contribution is 7.17. The third-order valence-electron chi connectivity index (χ3n) is 3.79. The summed E-state index contributed by atoms with van der Waals surface area (Å²) >= 11 is 1.31. The first-order chi connectivity index (χ1) is 11.0. The van der Waals surface area contributed by atoms with E-state index < -0.39 is 0 Å². The molecular weight excluding hydrogens is 311 g/mol. The van der Waals surface area contributed by atoms with Crippen molar-refractivity contribution in [3.8, 4) is 10.4 Å². The Morgan fingerprint density at radius 3 is 2.65 bits per heavy atom. The zero-order chi connectivity index (χ0) is 16.8. The number of benzene rings is 1. The number of thiophene rings is 1. The number of amides is 1. The van der Waals surface area contributed by atoms with Gasteiger partial charge < -0.3 is 5.32 Å². The molecule has 1 amide bonds. The van der Waals surface area contributed by atoms with E-state index in [1.54, 1.807) is 30.3 Å². The van der Waals surface area contributed by atoms with Gasteiger partial charge in [0.25, 0.3) is 5.91 Å². The van der Waals surface area contributed by atoms with Gasteiger partial charge in [-0.15, -0.1) is 11.3 Å². The molecular formula is C18H23FN2OS. The fraction of sp³-hybridized carbons (Fsp3) is 0.389. The van der Waals surface area contributed by atoms with Crippen LogP contribution >= 0.6 is 11.3 Å². The molecule has 1 heterocycles. The topological polar surface area (TPSA) is 32.3 Å². The van der Waals surface area contributed by atoms with E-state index in [4.69, 9.17) is 0 Å². The van der Waals surface area contributed by atoms with Crippen molar-refractivity contribution in [3.05, 3.63) is 47.1 Å². The Morgan fingerprint density at radius 1 is 1.26 bits per heavy atom. The minimum Gasteiger partial charge on any atom is -0.350 e. The van der Waals surface area contributed by atoms with Gasteiger partial charge in [-0.05, 0) is 38.6 Å². The number of nitrogens with zero attached hydrogens (tertiary/aromatic N) is 1. The van der Waals surface area contributed by atoms with Gasteiger partial charge >= 0.3 is 0 Å². The molecule has 0 unspecified atom stereocenters. The molecule has 0 bridgehead atoms. The number of nitrogens with one attached hydrogen (secondary N) is 1. The lowest BCUT2D eigenvalue weighted by atomic mass is 10.2. The van der Waals surface area contributed by atoms with Gasteiger partial charge in [0, 0.05) is 29.6 Å². The predicted molar refractivity (Wildman–Crippen MR) is 94.4 cm³/mol. The van der Waals surface area contributed by atoms with E-state index in [0.29, 0.717) is 23.0 Å². The molecule has 0 atom stereocenters. The molecule has 0 spiro atoms. The smallest absolute Gasteiger partial charge is 0.261 e. The second-order valence-corrected chi connectivity index (χ2v) is 6.71. The van der Waals surface area contributed by atoms with Gasteiger partial charge in [-0.3, -0.25) is 9.69 Å². The zero-order valence-electron chi connectivity index (χ0n) is 13.8. The monoisotopic (exact) mass is 334 g/mol. The number of likely N-dealkylation sites (N-methyl/N-ethyl adjacent to an activating group) is 1. The molecule has 1 N–H and O–H groups in total. The van der Waals surface area contributed by atoms with E-state index in [1.807, 2.05) is 0 Å². The van der Waals surface area contributed by atoms with Gasteiger partial charge in [0.1, 0.15) is 5.82 Å². The molecule has 0 radical (unpaired) electrons. The van der Waals surface area contributed by atoms with Gasteiger partial charge in [-0.1, -0.05) is 25.1 Å². The number of rotatable bonds is 7. The minimum absolute atomic E-state index is 0.0996. The first-order valence-electron chi connectivity index (χ1n) is 7.90. The van der Waals surface area contributed by atoms with Crippen LogP contribution in [0.2, 0.25) is 0 Å². The van der Waals surface area contributed by atoms with Crippen LogP contribution in [0.4, 0.5) is 4.39 Å². The number of hydrogen-bond donors (Lipinski definition) is 1. The predicted octanol–water partition coefficient (Wildman–Crippen LogP) is 4.01. The first kappa shape index (κ1) is 17.6. The highest BCUT2D eigenvalue weighted by Gasteiger charge is 2.13. The highest BCUT2D eigenvalue weighted by Crippen LogP contribution is 2.29. The van der Waals surface area contributed by atoms with Gasteiger partial charge in [0.2, 0.25) is 0 Å². The van der Waals surface area contributed by atoms with Crippen LogP contribution in [-0.4, -0.2) is 36.5 Å². The largest absolute Gasteiger partial charge is 0.350 e. The summed E-state index contributed by atoms with van der Waals surface area (Å²) in [5.74, 6) is -0.366. The molecule has 5 heteroatoms. The van der Waals surface area contributed by atoms with Crippen molar-refractivity contribution >= 4 is 17.2 Å². The summed E-state index contributed by atoms with van der Waals surface area (Å²) < 4.78 is 13.8. The lowest BCUT2D eigenvalue weighted by Crippen LogP contribution is -2.38.